The quantitative estimate of drug-likeness (QED) is 0.161. The van der Waals surface area contributed by atoms with Gasteiger partial charge in [0.15, 0.2) is 0 Å². The van der Waals surface area contributed by atoms with E-state index in [9.17, 15) is 15.0 Å². The molecule has 0 aromatic rings. The second-order valence-corrected chi connectivity index (χ2v) is 7.94. The number of hydrogen-bond acceptors (Lipinski definition) is 11. The highest BCUT2D eigenvalue weighted by Crippen LogP contribution is 2.28. The summed E-state index contributed by atoms with van der Waals surface area (Å²) in [5.74, 6) is -0.806. The number of ether oxygens (including phenoxy) is 1. The minimum Gasteiger partial charge on any atom is -0.481 e. The molecule has 3 unspecified atom stereocenters. The summed E-state index contributed by atoms with van der Waals surface area (Å²) < 4.78 is 6.08. The molecule has 0 bridgehead atoms. The first kappa shape index (κ1) is 22.7. The third-order valence-electron chi connectivity index (χ3n) is 5.91. The number of fused-ring (bicyclic) bond motifs is 1. The van der Waals surface area contributed by atoms with Crippen LogP contribution in [-0.2, 0) is 9.53 Å². The van der Waals surface area contributed by atoms with Crippen molar-refractivity contribution in [3.8, 4) is 0 Å². The van der Waals surface area contributed by atoms with Crippen molar-refractivity contribution in [3.05, 3.63) is 0 Å². The van der Waals surface area contributed by atoms with E-state index >= 15 is 0 Å². The standard InChI is InChI=1S/C17H35N7O5/c18-4-6-23(5-2-1-3-11(25)26)7-10-13(27)14(28)17(29-10)24-9-22-12-15(19)20-8-21-16(12)24/h10,12-17,20-22,27-28H,1-9,18-19H2,(H,25,26)/t10-,12?,13-,14-,15?,16?,17-/m1/s1. The van der Waals surface area contributed by atoms with Crippen LogP contribution in [0.4, 0.5) is 0 Å². The minimum atomic E-state index is -1.04. The second-order valence-electron chi connectivity index (χ2n) is 7.94. The molecular formula is C17H35N7O5. The van der Waals surface area contributed by atoms with E-state index in [-0.39, 0.29) is 24.8 Å². The fraction of sp³-hybridized carbons (Fsp3) is 0.941. The maximum atomic E-state index is 10.7. The van der Waals surface area contributed by atoms with E-state index < -0.39 is 30.5 Å². The molecule has 0 amide bonds. The summed E-state index contributed by atoms with van der Waals surface area (Å²) >= 11 is 0. The van der Waals surface area contributed by atoms with Gasteiger partial charge in [0.1, 0.15) is 24.5 Å². The Balaban J connectivity index is 1.55. The first-order valence-corrected chi connectivity index (χ1v) is 10.3. The Hall–Kier alpha value is -0.930. The zero-order valence-corrected chi connectivity index (χ0v) is 16.6. The number of carbonyl (C=O) groups is 1. The molecule has 3 rings (SSSR count). The maximum absolute atomic E-state index is 10.7. The number of aliphatic carboxylic acids is 1. The monoisotopic (exact) mass is 417 g/mol. The van der Waals surface area contributed by atoms with Gasteiger partial charge in [-0.25, -0.2) is 4.90 Å². The highest BCUT2D eigenvalue weighted by Gasteiger charge is 2.51. The van der Waals surface area contributed by atoms with Crippen molar-refractivity contribution in [2.45, 2.75) is 62.2 Å². The summed E-state index contributed by atoms with van der Waals surface area (Å²) in [6, 6.07) is -0.0290. The van der Waals surface area contributed by atoms with E-state index in [1.165, 1.54) is 0 Å². The molecule has 12 nitrogen and oxygen atoms in total. The first-order valence-electron chi connectivity index (χ1n) is 10.3. The van der Waals surface area contributed by atoms with Crippen LogP contribution < -0.4 is 27.4 Å². The van der Waals surface area contributed by atoms with Gasteiger partial charge in [0, 0.05) is 32.7 Å². The number of unbranched alkanes of at least 4 members (excludes halogenated alkanes) is 1. The van der Waals surface area contributed by atoms with Crippen LogP contribution in [0.1, 0.15) is 19.3 Å². The normalized spacial score (nSPS) is 37.9. The van der Waals surface area contributed by atoms with Crippen LogP contribution in [0.15, 0.2) is 0 Å². The first-order chi connectivity index (χ1) is 13.9. The van der Waals surface area contributed by atoms with Gasteiger partial charge in [0.05, 0.1) is 25.0 Å². The highest BCUT2D eigenvalue weighted by atomic mass is 16.6. The Bertz CT molecular complexity index is 544. The average Bonchev–Trinajstić information content (AvgIpc) is 3.22. The fourth-order valence-electron chi connectivity index (χ4n) is 4.35. The van der Waals surface area contributed by atoms with Gasteiger partial charge in [-0.2, -0.15) is 0 Å². The van der Waals surface area contributed by atoms with Gasteiger partial charge in [-0.05, 0) is 19.4 Å². The van der Waals surface area contributed by atoms with Crippen LogP contribution in [0, 0.1) is 0 Å². The van der Waals surface area contributed by atoms with Gasteiger partial charge >= 0.3 is 5.97 Å². The van der Waals surface area contributed by atoms with E-state index in [2.05, 4.69) is 20.9 Å². The van der Waals surface area contributed by atoms with Gasteiger partial charge in [-0.15, -0.1) is 0 Å². The molecule has 12 heteroatoms. The van der Waals surface area contributed by atoms with Crippen LogP contribution in [-0.4, -0.2) is 114 Å². The zero-order chi connectivity index (χ0) is 21.0. The SMILES string of the molecule is NCCN(CCCCC(=O)O)C[C@H]1O[C@@H](N2CNC3C(N)NCNC32)[C@H](O)[C@@H]1O. The van der Waals surface area contributed by atoms with Crippen molar-refractivity contribution >= 4 is 5.97 Å². The van der Waals surface area contributed by atoms with Crippen LogP contribution in [0.5, 0.6) is 0 Å². The van der Waals surface area contributed by atoms with Crippen molar-refractivity contribution in [2.24, 2.45) is 11.5 Å². The van der Waals surface area contributed by atoms with Gasteiger partial charge in [0.25, 0.3) is 0 Å². The molecule has 0 radical (unpaired) electrons. The Morgan fingerprint density at radius 1 is 1.17 bits per heavy atom. The smallest absolute Gasteiger partial charge is 0.303 e. The number of carboxylic acids is 1. The van der Waals surface area contributed by atoms with Gasteiger partial charge in [-0.1, -0.05) is 0 Å². The summed E-state index contributed by atoms with van der Waals surface area (Å²) in [4.78, 5) is 14.7. The Morgan fingerprint density at radius 3 is 2.69 bits per heavy atom. The third kappa shape index (κ3) is 5.41. The minimum absolute atomic E-state index is 0.0290. The lowest BCUT2D eigenvalue weighted by molar-refractivity contribution is -0.137. The number of aliphatic hydroxyl groups is 2. The number of nitrogens with two attached hydrogens (primary N) is 2. The molecule has 168 valence electrons. The van der Waals surface area contributed by atoms with Crippen LogP contribution >= 0.6 is 0 Å². The highest BCUT2D eigenvalue weighted by molar-refractivity contribution is 5.66. The number of rotatable bonds is 10. The summed E-state index contributed by atoms with van der Waals surface area (Å²) in [6.07, 6.45) is -2.15. The summed E-state index contributed by atoms with van der Waals surface area (Å²) in [5, 5.41) is 39.8. The third-order valence-corrected chi connectivity index (χ3v) is 5.91. The maximum Gasteiger partial charge on any atom is 0.303 e. The lowest BCUT2D eigenvalue weighted by Crippen LogP contribution is -2.68. The molecule has 0 aromatic carbocycles. The molecule has 0 saturated carbocycles. The Morgan fingerprint density at radius 2 is 1.97 bits per heavy atom. The molecule has 0 spiro atoms. The summed E-state index contributed by atoms with van der Waals surface area (Å²) in [6.45, 7) is 3.18. The molecule has 3 heterocycles. The lowest BCUT2D eigenvalue weighted by Gasteiger charge is -2.38. The average molecular weight is 418 g/mol. The topological polar surface area (TPSA) is 182 Å². The molecule has 10 N–H and O–H groups in total. The molecule has 3 fully saturated rings. The van der Waals surface area contributed by atoms with Gasteiger partial charge < -0.3 is 31.5 Å². The number of nitrogens with zero attached hydrogens (tertiary/aromatic N) is 2. The number of nitrogens with one attached hydrogen (secondary N) is 3. The van der Waals surface area contributed by atoms with Crippen LogP contribution in [0.3, 0.4) is 0 Å². The van der Waals surface area contributed by atoms with Gasteiger partial charge in [-0.3, -0.25) is 25.6 Å². The van der Waals surface area contributed by atoms with Gasteiger partial charge in [0.2, 0.25) is 0 Å². The number of aliphatic hydroxyl groups excluding tert-OH is 2. The summed E-state index contributed by atoms with van der Waals surface area (Å²) in [7, 11) is 0. The molecule has 3 aliphatic heterocycles. The predicted molar refractivity (Wildman–Crippen MR) is 104 cm³/mol. The van der Waals surface area contributed by atoms with Crippen molar-refractivity contribution in [2.75, 3.05) is 39.5 Å². The molecule has 0 aromatic heterocycles. The van der Waals surface area contributed by atoms with Crippen LogP contribution in [0.2, 0.25) is 0 Å². The Kier molecular flexibility index (Phi) is 8.15. The van der Waals surface area contributed by atoms with E-state index in [0.717, 1.165) is 6.42 Å². The largest absolute Gasteiger partial charge is 0.481 e. The second kappa shape index (κ2) is 10.4. The molecule has 7 atom stereocenters. The predicted octanol–water partition coefficient (Wildman–Crippen LogP) is -4.06. The van der Waals surface area contributed by atoms with Crippen molar-refractivity contribution < 1.29 is 24.9 Å². The lowest BCUT2D eigenvalue weighted by atomic mass is 10.1. The summed E-state index contributed by atoms with van der Waals surface area (Å²) in [5.41, 5.74) is 11.8. The molecule has 0 aliphatic carbocycles. The molecule has 3 aliphatic rings. The van der Waals surface area contributed by atoms with Crippen molar-refractivity contribution in [3.63, 3.8) is 0 Å². The van der Waals surface area contributed by atoms with E-state index in [0.29, 0.717) is 45.9 Å². The van der Waals surface area contributed by atoms with Crippen molar-refractivity contribution in [1.82, 2.24) is 25.8 Å². The van der Waals surface area contributed by atoms with E-state index in [1.807, 2.05) is 4.90 Å². The fourth-order valence-corrected chi connectivity index (χ4v) is 4.35. The molecule has 3 saturated heterocycles. The molecule has 29 heavy (non-hydrogen) atoms. The molecular weight excluding hydrogens is 382 g/mol. The van der Waals surface area contributed by atoms with Crippen LogP contribution in [0.25, 0.3) is 0 Å². The zero-order valence-electron chi connectivity index (χ0n) is 16.6. The number of carboxylic acid groups (broad SMARTS) is 1. The van der Waals surface area contributed by atoms with Crippen molar-refractivity contribution in [1.29, 1.82) is 0 Å². The van der Waals surface area contributed by atoms with E-state index in [4.69, 9.17) is 21.3 Å². The van der Waals surface area contributed by atoms with E-state index in [1.54, 1.807) is 0 Å². The Labute approximate surface area is 170 Å². The number of hydrogen-bond donors (Lipinski definition) is 8.